The molecule has 0 aliphatic rings. The van der Waals surface area contributed by atoms with Crippen LogP contribution in [0.25, 0.3) is 0 Å². The minimum atomic E-state index is -0.667. The summed E-state index contributed by atoms with van der Waals surface area (Å²) in [4.78, 5) is 13.7. The summed E-state index contributed by atoms with van der Waals surface area (Å²) in [5, 5.41) is 9.04. The molecule has 0 saturated carbocycles. The molecule has 2 N–H and O–H groups in total. The van der Waals surface area contributed by atoms with Gasteiger partial charge in [-0.25, -0.2) is 0 Å². The maximum absolute atomic E-state index is 12.1. The number of rotatable bonds is 6. The van der Waals surface area contributed by atoms with Crippen LogP contribution in [0.4, 0.5) is 0 Å². The largest absolute Gasteiger partial charge is 0.383 e. The van der Waals surface area contributed by atoms with Gasteiger partial charge in [0.05, 0.1) is 18.2 Å². The van der Waals surface area contributed by atoms with Gasteiger partial charge in [-0.3, -0.25) is 4.79 Å². The van der Waals surface area contributed by atoms with Gasteiger partial charge in [0.15, 0.2) is 0 Å². The molecule has 1 aromatic carbocycles. The van der Waals surface area contributed by atoms with Crippen molar-refractivity contribution in [1.82, 2.24) is 4.90 Å². The third kappa shape index (κ3) is 4.05. The van der Waals surface area contributed by atoms with Gasteiger partial charge < -0.3 is 15.4 Å². The van der Waals surface area contributed by atoms with E-state index in [0.717, 1.165) is 5.56 Å². The highest BCUT2D eigenvalue weighted by Gasteiger charge is 2.20. The summed E-state index contributed by atoms with van der Waals surface area (Å²) >= 11 is 0. The predicted molar refractivity (Wildman–Crippen MR) is 72.1 cm³/mol. The normalized spacial score (nSPS) is 11.7. The van der Waals surface area contributed by atoms with Gasteiger partial charge in [0.25, 0.3) is 0 Å². The highest BCUT2D eigenvalue weighted by Crippen LogP contribution is 2.11. The van der Waals surface area contributed by atoms with Crippen LogP contribution in [-0.2, 0) is 16.1 Å². The summed E-state index contributed by atoms with van der Waals surface area (Å²) in [5.74, 6) is -0.169. The number of amides is 1. The van der Waals surface area contributed by atoms with E-state index in [1.807, 2.05) is 19.1 Å². The second-order valence-electron chi connectivity index (χ2n) is 4.18. The summed E-state index contributed by atoms with van der Waals surface area (Å²) in [5.41, 5.74) is 7.15. The summed E-state index contributed by atoms with van der Waals surface area (Å²) in [7, 11) is 1.51. The van der Waals surface area contributed by atoms with Crippen molar-refractivity contribution in [3.05, 3.63) is 35.4 Å². The fourth-order valence-corrected chi connectivity index (χ4v) is 1.80. The molecule has 1 amide bonds. The first kappa shape index (κ1) is 15.2. The highest BCUT2D eigenvalue weighted by atomic mass is 16.5. The molecule has 1 unspecified atom stereocenters. The third-order valence-electron chi connectivity index (χ3n) is 2.86. The fourth-order valence-electron chi connectivity index (χ4n) is 1.80. The molecule has 19 heavy (non-hydrogen) atoms. The first-order valence-electron chi connectivity index (χ1n) is 6.15. The van der Waals surface area contributed by atoms with Crippen molar-refractivity contribution in [2.75, 3.05) is 20.3 Å². The lowest BCUT2D eigenvalue weighted by molar-refractivity contribution is -0.134. The number of nitriles is 1. The maximum atomic E-state index is 12.1. The molecule has 0 radical (unpaired) electrons. The van der Waals surface area contributed by atoms with E-state index in [4.69, 9.17) is 15.7 Å². The Bertz CT molecular complexity index is 468. The minimum Gasteiger partial charge on any atom is -0.383 e. The standard InChI is InChI=1S/C14H19N3O2/c1-3-17(14(18)13(16)10-19-2)9-12-7-5-4-6-11(12)8-15/h4-7,13H,3,9-10,16H2,1-2H3. The Balaban J connectivity index is 2.82. The Labute approximate surface area is 113 Å². The number of hydrogen-bond acceptors (Lipinski definition) is 4. The van der Waals surface area contributed by atoms with Crippen LogP contribution < -0.4 is 5.73 Å². The maximum Gasteiger partial charge on any atom is 0.242 e. The summed E-state index contributed by atoms with van der Waals surface area (Å²) in [6.45, 7) is 2.99. The van der Waals surface area contributed by atoms with Crippen molar-refractivity contribution in [3.63, 3.8) is 0 Å². The van der Waals surface area contributed by atoms with Crippen LogP contribution in [0.2, 0.25) is 0 Å². The molecule has 1 rings (SSSR count). The van der Waals surface area contributed by atoms with Crippen molar-refractivity contribution in [2.45, 2.75) is 19.5 Å². The van der Waals surface area contributed by atoms with Crippen LogP contribution in [-0.4, -0.2) is 37.1 Å². The average Bonchev–Trinajstić information content (AvgIpc) is 2.44. The molecule has 1 atom stereocenters. The summed E-state index contributed by atoms with van der Waals surface area (Å²) in [6.07, 6.45) is 0. The molecule has 0 heterocycles. The Hall–Kier alpha value is -1.90. The van der Waals surface area contributed by atoms with E-state index in [1.165, 1.54) is 7.11 Å². The van der Waals surface area contributed by atoms with Gasteiger partial charge in [0, 0.05) is 20.2 Å². The van der Waals surface area contributed by atoms with Gasteiger partial charge in [0.1, 0.15) is 6.04 Å². The smallest absolute Gasteiger partial charge is 0.242 e. The first-order chi connectivity index (χ1) is 9.13. The third-order valence-corrected chi connectivity index (χ3v) is 2.86. The number of carbonyl (C=O) groups excluding carboxylic acids is 1. The van der Waals surface area contributed by atoms with Crippen molar-refractivity contribution in [2.24, 2.45) is 5.73 Å². The van der Waals surface area contributed by atoms with E-state index in [9.17, 15) is 4.79 Å². The van der Waals surface area contributed by atoms with Gasteiger partial charge in [0.2, 0.25) is 5.91 Å². The van der Waals surface area contributed by atoms with Crippen LogP contribution in [0.1, 0.15) is 18.1 Å². The molecule has 1 aromatic rings. The molecular weight excluding hydrogens is 242 g/mol. The fraction of sp³-hybridized carbons (Fsp3) is 0.429. The number of nitrogens with two attached hydrogens (primary N) is 1. The molecule has 0 aliphatic carbocycles. The summed E-state index contributed by atoms with van der Waals surface area (Å²) in [6, 6.07) is 8.69. The molecule has 0 aliphatic heterocycles. The van der Waals surface area contributed by atoms with E-state index in [0.29, 0.717) is 18.7 Å². The number of benzene rings is 1. The minimum absolute atomic E-state index is 0.169. The molecule has 5 heteroatoms. The van der Waals surface area contributed by atoms with Crippen molar-refractivity contribution in [1.29, 1.82) is 5.26 Å². The van der Waals surface area contributed by atoms with Crippen LogP contribution in [0.15, 0.2) is 24.3 Å². The number of nitrogens with zero attached hydrogens (tertiary/aromatic N) is 2. The lowest BCUT2D eigenvalue weighted by Gasteiger charge is -2.24. The van der Waals surface area contributed by atoms with E-state index in [1.54, 1.807) is 17.0 Å². The molecular formula is C14H19N3O2. The lowest BCUT2D eigenvalue weighted by atomic mass is 10.1. The summed E-state index contributed by atoms with van der Waals surface area (Å²) < 4.78 is 4.89. The van der Waals surface area contributed by atoms with Gasteiger partial charge in [-0.15, -0.1) is 0 Å². The van der Waals surface area contributed by atoms with Gasteiger partial charge in [-0.2, -0.15) is 5.26 Å². The molecule has 102 valence electrons. The second kappa shape index (κ2) is 7.52. The number of methoxy groups -OCH3 is 1. The van der Waals surface area contributed by atoms with Crippen molar-refractivity contribution < 1.29 is 9.53 Å². The monoisotopic (exact) mass is 261 g/mol. The number of carbonyl (C=O) groups is 1. The first-order valence-corrected chi connectivity index (χ1v) is 6.15. The SMILES string of the molecule is CCN(Cc1ccccc1C#N)C(=O)C(N)COC. The van der Waals surface area contributed by atoms with E-state index in [-0.39, 0.29) is 12.5 Å². The number of hydrogen-bond donors (Lipinski definition) is 1. The lowest BCUT2D eigenvalue weighted by Crippen LogP contribution is -2.45. The average molecular weight is 261 g/mol. The van der Waals surface area contributed by atoms with Crippen molar-refractivity contribution >= 4 is 5.91 Å². The van der Waals surface area contributed by atoms with E-state index >= 15 is 0 Å². The second-order valence-corrected chi connectivity index (χ2v) is 4.18. The molecule has 0 spiro atoms. The zero-order valence-corrected chi connectivity index (χ0v) is 11.3. The molecule has 0 aromatic heterocycles. The highest BCUT2D eigenvalue weighted by molar-refractivity contribution is 5.81. The van der Waals surface area contributed by atoms with E-state index in [2.05, 4.69) is 6.07 Å². The Morgan fingerprint density at radius 1 is 1.53 bits per heavy atom. The quantitative estimate of drug-likeness (QED) is 0.824. The molecule has 0 fully saturated rings. The Morgan fingerprint density at radius 2 is 2.21 bits per heavy atom. The number of likely N-dealkylation sites (N-methyl/N-ethyl adjacent to an activating group) is 1. The zero-order chi connectivity index (χ0) is 14.3. The molecule has 0 bridgehead atoms. The van der Waals surface area contributed by atoms with Crippen LogP contribution in [0, 0.1) is 11.3 Å². The topological polar surface area (TPSA) is 79.4 Å². The Morgan fingerprint density at radius 3 is 2.79 bits per heavy atom. The zero-order valence-electron chi connectivity index (χ0n) is 11.3. The number of ether oxygens (including phenoxy) is 1. The Kier molecular flexibility index (Phi) is 6.00. The van der Waals surface area contributed by atoms with Gasteiger partial charge >= 0.3 is 0 Å². The predicted octanol–water partition coefficient (Wildman–Crippen LogP) is 0.880. The van der Waals surface area contributed by atoms with Crippen molar-refractivity contribution in [3.8, 4) is 6.07 Å². The van der Waals surface area contributed by atoms with Crippen LogP contribution >= 0.6 is 0 Å². The van der Waals surface area contributed by atoms with Crippen LogP contribution in [0.3, 0.4) is 0 Å². The van der Waals surface area contributed by atoms with Crippen LogP contribution in [0.5, 0.6) is 0 Å². The van der Waals surface area contributed by atoms with Gasteiger partial charge in [-0.05, 0) is 18.6 Å². The molecule has 0 saturated heterocycles. The molecule has 5 nitrogen and oxygen atoms in total. The van der Waals surface area contributed by atoms with Gasteiger partial charge in [-0.1, -0.05) is 18.2 Å². The van der Waals surface area contributed by atoms with E-state index < -0.39 is 6.04 Å².